The van der Waals surface area contributed by atoms with E-state index in [4.69, 9.17) is 0 Å². The van der Waals surface area contributed by atoms with Crippen LogP contribution in [-0.2, 0) is 0 Å². The molecular formula is C14H30N2S. The molecule has 2 nitrogen and oxygen atoms in total. The van der Waals surface area contributed by atoms with E-state index in [0.717, 1.165) is 12.6 Å². The van der Waals surface area contributed by atoms with Crippen molar-refractivity contribution in [2.45, 2.75) is 64.1 Å². The average Bonchev–Trinajstić information content (AvgIpc) is 2.85. The van der Waals surface area contributed by atoms with Crippen molar-refractivity contribution in [3.63, 3.8) is 0 Å². The van der Waals surface area contributed by atoms with Gasteiger partial charge in [0.1, 0.15) is 0 Å². The SMILES string of the molecule is CSCCC(C)N(C)C(C)CNC1CCCC1. The Hall–Kier alpha value is 0.270. The summed E-state index contributed by atoms with van der Waals surface area (Å²) in [6.07, 6.45) is 9.11. The second kappa shape index (κ2) is 8.39. The Balaban J connectivity index is 2.17. The van der Waals surface area contributed by atoms with E-state index in [-0.39, 0.29) is 0 Å². The first kappa shape index (κ1) is 15.3. The molecule has 1 N–H and O–H groups in total. The zero-order valence-electron chi connectivity index (χ0n) is 12.0. The van der Waals surface area contributed by atoms with Gasteiger partial charge in [-0.1, -0.05) is 12.8 Å². The summed E-state index contributed by atoms with van der Waals surface area (Å²) in [7, 11) is 2.27. The highest BCUT2D eigenvalue weighted by atomic mass is 32.2. The largest absolute Gasteiger partial charge is 0.312 e. The second-order valence-electron chi connectivity index (χ2n) is 5.53. The van der Waals surface area contributed by atoms with E-state index in [1.165, 1.54) is 37.9 Å². The summed E-state index contributed by atoms with van der Waals surface area (Å²) in [6.45, 7) is 5.84. The molecule has 3 heteroatoms. The van der Waals surface area contributed by atoms with E-state index in [9.17, 15) is 0 Å². The Labute approximate surface area is 112 Å². The molecule has 1 saturated carbocycles. The first-order chi connectivity index (χ1) is 8.15. The molecule has 0 heterocycles. The van der Waals surface area contributed by atoms with Crippen LogP contribution < -0.4 is 5.32 Å². The highest BCUT2D eigenvalue weighted by Gasteiger charge is 2.18. The van der Waals surface area contributed by atoms with Crippen molar-refractivity contribution in [3.8, 4) is 0 Å². The molecule has 0 aromatic rings. The molecule has 0 spiro atoms. The fraction of sp³-hybridized carbons (Fsp3) is 1.00. The van der Waals surface area contributed by atoms with Crippen LogP contribution in [-0.4, -0.2) is 48.6 Å². The maximum absolute atomic E-state index is 3.73. The van der Waals surface area contributed by atoms with Gasteiger partial charge in [-0.2, -0.15) is 11.8 Å². The van der Waals surface area contributed by atoms with Crippen LogP contribution in [0.2, 0.25) is 0 Å². The normalized spacial score (nSPS) is 21.0. The molecule has 17 heavy (non-hydrogen) atoms. The minimum atomic E-state index is 0.646. The minimum Gasteiger partial charge on any atom is -0.312 e. The lowest BCUT2D eigenvalue weighted by atomic mass is 10.1. The van der Waals surface area contributed by atoms with Crippen molar-refractivity contribution in [2.24, 2.45) is 0 Å². The van der Waals surface area contributed by atoms with Gasteiger partial charge in [0.2, 0.25) is 0 Å². The van der Waals surface area contributed by atoms with Crippen LogP contribution >= 0.6 is 11.8 Å². The molecular weight excluding hydrogens is 228 g/mol. The van der Waals surface area contributed by atoms with Gasteiger partial charge in [0.05, 0.1) is 0 Å². The van der Waals surface area contributed by atoms with Gasteiger partial charge in [-0.25, -0.2) is 0 Å². The third-order valence-corrected chi connectivity index (χ3v) is 4.83. The van der Waals surface area contributed by atoms with Crippen molar-refractivity contribution in [3.05, 3.63) is 0 Å². The number of nitrogens with one attached hydrogen (secondary N) is 1. The van der Waals surface area contributed by atoms with E-state index in [1.54, 1.807) is 0 Å². The van der Waals surface area contributed by atoms with E-state index >= 15 is 0 Å². The smallest absolute Gasteiger partial charge is 0.0192 e. The summed E-state index contributed by atoms with van der Waals surface area (Å²) < 4.78 is 0. The highest BCUT2D eigenvalue weighted by Crippen LogP contribution is 2.18. The lowest BCUT2D eigenvalue weighted by Crippen LogP contribution is -2.44. The van der Waals surface area contributed by atoms with Gasteiger partial charge in [0.25, 0.3) is 0 Å². The van der Waals surface area contributed by atoms with E-state index in [2.05, 4.69) is 37.4 Å². The Morgan fingerprint density at radius 3 is 2.47 bits per heavy atom. The molecule has 0 aromatic carbocycles. The Kier molecular flexibility index (Phi) is 7.56. The standard InChI is InChI=1S/C14H30N2S/c1-12(9-10-17-4)16(3)13(2)11-15-14-7-5-6-8-14/h12-15H,5-11H2,1-4H3. The van der Waals surface area contributed by atoms with Crippen LogP contribution in [0.5, 0.6) is 0 Å². The zero-order valence-corrected chi connectivity index (χ0v) is 12.9. The molecule has 0 saturated heterocycles. The minimum absolute atomic E-state index is 0.646. The van der Waals surface area contributed by atoms with Crippen LogP contribution in [0.1, 0.15) is 46.0 Å². The van der Waals surface area contributed by atoms with Gasteiger partial charge < -0.3 is 5.32 Å². The van der Waals surface area contributed by atoms with Crippen LogP contribution in [0.4, 0.5) is 0 Å². The first-order valence-electron chi connectivity index (χ1n) is 7.09. The lowest BCUT2D eigenvalue weighted by Gasteiger charge is -2.31. The first-order valence-corrected chi connectivity index (χ1v) is 8.48. The molecule has 0 aromatic heterocycles. The third kappa shape index (κ3) is 5.62. The van der Waals surface area contributed by atoms with Crippen molar-refractivity contribution >= 4 is 11.8 Å². The van der Waals surface area contributed by atoms with E-state index in [0.29, 0.717) is 12.1 Å². The summed E-state index contributed by atoms with van der Waals surface area (Å²) >= 11 is 1.95. The van der Waals surface area contributed by atoms with Crippen molar-refractivity contribution in [2.75, 3.05) is 25.6 Å². The van der Waals surface area contributed by atoms with Crippen molar-refractivity contribution in [1.29, 1.82) is 0 Å². The third-order valence-electron chi connectivity index (χ3n) is 4.19. The van der Waals surface area contributed by atoms with Crippen molar-refractivity contribution in [1.82, 2.24) is 10.2 Å². The second-order valence-corrected chi connectivity index (χ2v) is 6.52. The molecule has 1 rings (SSSR count). The molecule has 1 aliphatic rings. The molecule has 2 atom stereocenters. The number of thioether (sulfide) groups is 1. The predicted molar refractivity (Wildman–Crippen MR) is 79.9 cm³/mol. The van der Waals surface area contributed by atoms with Crippen LogP contribution in [0.15, 0.2) is 0 Å². The molecule has 1 aliphatic carbocycles. The van der Waals surface area contributed by atoms with Crippen LogP contribution in [0.3, 0.4) is 0 Å². The van der Waals surface area contributed by atoms with Crippen LogP contribution in [0, 0.1) is 0 Å². The fourth-order valence-corrected chi connectivity index (χ4v) is 3.11. The number of hydrogen-bond donors (Lipinski definition) is 1. The van der Waals surface area contributed by atoms with Crippen molar-refractivity contribution < 1.29 is 0 Å². The lowest BCUT2D eigenvalue weighted by molar-refractivity contribution is 0.185. The molecule has 0 amide bonds. The summed E-state index contributed by atoms with van der Waals surface area (Å²) in [4.78, 5) is 2.53. The van der Waals surface area contributed by atoms with E-state index in [1.807, 2.05) is 11.8 Å². The zero-order chi connectivity index (χ0) is 12.7. The quantitative estimate of drug-likeness (QED) is 0.720. The average molecular weight is 258 g/mol. The maximum Gasteiger partial charge on any atom is 0.0192 e. The Bertz CT molecular complexity index is 193. The van der Waals surface area contributed by atoms with Crippen LogP contribution in [0.25, 0.3) is 0 Å². The molecule has 2 unspecified atom stereocenters. The molecule has 0 radical (unpaired) electrons. The number of likely N-dealkylation sites (N-methyl/N-ethyl adjacent to an activating group) is 1. The summed E-state index contributed by atoms with van der Waals surface area (Å²) in [6, 6.07) is 2.14. The Morgan fingerprint density at radius 1 is 1.24 bits per heavy atom. The van der Waals surface area contributed by atoms with Gasteiger partial charge in [0, 0.05) is 24.7 Å². The molecule has 0 bridgehead atoms. The van der Waals surface area contributed by atoms with Gasteiger partial charge in [-0.05, 0) is 52.2 Å². The Morgan fingerprint density at radius 2 is 1.88 bits per heavy atom. The molecule has 0 aliphatic heterocycles. The molecule has 1 fully saturated rings. The fourth-order valence-electron chi connectivity index (χ4n) is 2.54. The van der Waals surface area contributed by atoms with E-state index < -0.39 is 0 Å². The number of rotatable bonds is 8. The van der Waals surface area contributed by atoms with Gasteiger partial charge in [-0.15, -0.1) is 0 Å². The summed E-state index contributed by atoms with van der Waals surface area (Å²) in [5.41, 5.74) is 0. The van der Waals surface area contributed by atoms with Gasteiger partial charge in [0.15, 0.2) is 0 Å². The number of nitrogens with zero attached hydrogens (tertiary/aromatic N) is 1. The summed E-state index contributed by atoms with van der Waals surface area (Å²) in [5, 5.41) is 3.73. The van der Waals surface area contributed by atoms with Gasteiger partial charge in [-0.3, -0.25) is 4.90 Å². The summed E-state index contributed by atoms with van der Waals surface area (Å²) in [5.74, 6) is 1.27. The predicted octanol–water partition coefficient (Wildman–Crippen LogP) is 2.98. The highest BCUT2D eigenvalue weighted by molar-refractivity contribution is 7.98. The molecule has 102 valence electrons. The topological polar surface area (TPSA) is 15.3 Å². The maximum atomic E-state index is 3.73. The number of hydrogen-bond acceptors (Lipinski definition) is 3. The van der Waals surface area contributed by atoms with Gasteiger partial charge >= 0.3 is 0 Å². The monoisotopic (exact) mass is 258 g/mol.